The molecule has 0 bridgehead atoms. The monoisotopic (exact) mass is 231 g/mol. The number of carboxylic acids is 1. The van der Waals surface area contributed by atoms with Crippen LogP contribution in [-0.2, 0) is 9.53 Å². The third kappa shape index (κ3) is 3.47. The fourth-order valence-electron chi connectivity index (χ4n) is 1.24. The largest absolute Gasteiger partial charge is 0.481 e. The summed E-state index contributed by atoms with van der Waals surface area (Å²) in [4.78, 5) is 21.8. The number of carboxylic acid groups (broad SMARTS) is 1. The predicted octanol–water partition coefficient (Wildman–Crippen LogP) is 0.859. The molecule has 1 rings (SSSR count). The molecule has 84 valence electrons. The number of nitrogens with one attached hydrogen (secondary N) is 1. The van der Waals surface area contributed by atoms with Gasteiger partial charge < -0.3 is 15.2 Å². The predicted molar refractivity (Wildman–Crippen MR) is 57.0 cm³/mol. The van der Waals surface area contributed by atoms with Crippen molar-refractivity contribution in [3.05, 3.63) is 12.7 Å². The van der Waals surface area contributed by atoms with Crippen LogP contribution >= 0.6 is 11.8 Å². The zero-order valence-corrected chi connectivity index (χ0v) is 9.01. The zero-order chi connectivity index (χ0) is 11.3. The van der Waals surface area contributed by atoms with Gasteiger partial charge in [0.1, 0.15) is 6.61 Å². The molecule has 1 aliphatic heterocycles. The number of ether oxygens (including phenoxy) is 1. The van der Waals surface area contributed by atoms with E-state index in [-0.39, 0.29) is 13.0 Å². The van der Waals surface area contributed by atoms with Gasteiger partial charge in [-0.3, -0.25) is 4.79 Å². The quantitative estimate of drug-likeness (QED) is 0.686. The first-order chi connectivity index (χ1) is 7.08. The van der Waals surface area contributed by atoms with Crippen LogP contribution in [0.25, 0.3) is 0 Å². The third-order valence-electron chi connectivity index (χ3n) is 1.95. The molecular formula is C9H13NO4S. The number of hydrogen-bond donors (Lipinski definition) is 2. The van der Waals surface area contributed by atoms with E-state index in [4.69, 9.17) is 9.84 Å². The fraction of sp³-hybridized carbons (Fsp3) is 0.556. The van der Waals surface area contributed by atoms with Crippen LogP contribution in [0.15, 0.2) is 12.7 Å². The van der Waals surface area contributed by atoms with Crippen LogP contribution in [0.1, 0.15) is 6.42 Å². The van der Waals surface area contributed by atoms with Crippen molar-refractivity contribution in [3.63, 3.8) is 0 Å². The van der Waals surface area contributed by atoms with E-state index in [0.717, 1.165) is 0 Å². The molecule has 1 heterocycles. The highest BCUT2D eigenvalue weighted by molar-refractivity contribution is 8.00. The average Bonchev–Trinajstić information content (AvgIpc) is 2.10. The molecule has 0 saturated carbocycles. The maximum atomic E-state index is 11.2. The summed E-state index contributed by atoms with van der Waals surface area (Å²) in [6.07, 6.45) is 0.804. The maximum absolute atomic E-state index is 11.2. The van der Waals surface area contributed by atoms with E-state index in [9.17, 15) is 9.59 Å². The van der Waals surface area contributed by atoms with Crippen molar-refractivity contribution in [2.24, 2.45) is 0 Å². The number of thioether (sulfide) groups is 1. The van der Waals surface area contributed by atoms with Crippen LogP contribution in [0.4, 0.5) is 4.79 Å². The highest BCUT2D eigenvalue weighted by Crippen LogP contribution is 2.32. The van der Waals surface area contributed by atoms with Crippen molar-refractivity contribution in [1.29, 1.82) is 0 Å². The zero-order valence-electron chi connectivity index (χ0n) is 8.19. The first kappa shape index (κ1) is 11.9. The summed E-state index contributed by atoms with van der Waals surface area (Å²) in [5.74, 6) is 0.310. The first-order valence-corrected chi connectivity index (χ1v) is 5.59. The van der Waals surface area contributed by atoms with E-state index >= 15 is 0 Å². The fourth-order valence-corrected chi connectivity index (χ4v) is 2.29. The lowest BCUT2D eigenvalue weighted by Crippen LogP contribution is -2.59. The minimum atomic E-state index is -0.917. The van der Waals surface area contributed by atoms with Gasteiger partial charge in [-0.2, -0.15) is 11.8 Å². The van der Waals surface area contributed by atoms with E-state index in [0.29, 0.717) is 11.5 Å². The Kier molecular flexibility index (Phi) is 4.02. The SMILES string of the molecule is C=CCOC(=O)NC1(CC(=O)O)CSC1. The molecule has 2 N–H and O–H groups in total. The average molecular weight is 231 g/mol. The van der Waals surface area contributed by atoms with E-state index in [2.05, 4.69) is 11.9 Å². The van der Waals surface area contributed by atoms with Gasteiger partial charge in [-0.1, -0.05) is 12.7 Å². The van der Waals surface area contributed by atoms with E-state index in [1.807, 2.05) is 0 Å². The Morgan fingerprint density at radius 2 is 2.27 bits per heavy atom. The number of aliphatic carboxylic acids is 1. The second kappa shape index (κ2) is 5.06. The lowest BCUT2D eigenvalue weighted by atomic mass is 9.99. The summed E-state index contributed by atoms with van der Waals surface area (Å²) in [5, 5.41) is 11.3. The summed E-state index contributed by atoms with van der Waals surface area (Å²) in [6.45, 7) is 3.54. The Bertz CT molecular complexity index is 275. The van der Waals surface area contributed by atoms with Crippen molar-refractivity contribution < 1.29 is 19.4 Å². The van der Waals surface area contributed by atoms with Gasteiger partial charge in [-0.25, -0.2) is 4.79 Å². The Morgan fingerprint density at radius 1 is 1.60 bits per heavy atom. The summed E-state index contributed by atoms with van der Waals surface area (Å²) < 4.78 is 4.73. The first-order valence-electron chi connectivity index (χ1n) is 4.43. The number of rotatable bonds is 5. The molecule has 0 aromatic carbocycles. The number of hydrogen-bond acceptors (Lipinski definition) is 4. The normalized spacial score (nSPS) is 17.3. The van der Waals surface area contributed by atoms with Gasteiger partial charge in [-0.05, 0) is 0 Å². The molecule has 0 aliphatic carbocycles. The van der Waals surface area contributed by atoms with Crippen LogP contribution in [0, 0.1) is 0 Å². The molecule has 6 heteroatoms. The third-order valence-corrected chi connectivity index (χ3v) is 3.46. The lowest BCUT2D eigenvalue weighted by Gasteiger charge is -2.40. The molecule has 15 heavy (non-hydrogen) atoms. The standard InChI is InChI=1S/C9H13NO4S/c1-2-3-14-8(13)10-9(4-7(11)12)5-15-6-9/h2H,1,3-6H2,(H,10,13)(H,11,12). The molecule has 0 spiro atoms. The second-order valence-corrected chi connectivity index (χ2v) is 4.34. The highest BCUT2D eigenvalue weighted by Gasteiger charge is 2.41. The minimum Gasteiger partial charge on any atom is -0.481 e. The number of carbonyl (C=O) groups is 2. The van der Waals surface area contributed by atoms with Crippen molar-refractivity contribution in [2.45, 2.75) is 12.0 Å². The van der Waals surface area contributed by atoms with Crippen LogP contribution in [0.2, 0.25) is 0 Å². The van der Waals surface area contributed by atoms with Gasteiger partial charge in [-0.15, -0.1) is 0 Å². The molecule has 1 amide bonds. The minimum absolute atomic E-state index is 0.0663. The molecule has 0 aromatic rings. The molecule has 0 atom stereocenters. The maximum Gasteiger partial charge on any atom is 0.407 e. The van der Waals surface area contributed by atoms with Crippen molar-refractivity contribution in [2.75, 3.05) is 18.1 Å². The molecule has 1 fully saturated rings. The topological polar surface area (TPSA) is 75.6 Å². The van der Waals surface area contributed by atoms with Crippen molar-refractivity contribution in [3.8, 4) is 0 Å². The molecule has 1 saturated heterocycles. The van der Waals surface area contributed by atoms with Gasteiger partial charge in [0.05, 0.1) is 12.0 Å². The smallest absolute Gasteiger partial charge is 0.407 e. The molecule has 5 nitrogen and oxygen atoms in total. The summed E-state index contributed by atoms with van der Waals surface area (Å²) in [7, 11) is 0. The molecule has 0 aromatic heterocycles. The molecular weight excluding hydrogens is 218 g/mol. The van der Waals surface area contributed by atoms with Gasteiger partial charge in [0, 0.05) is 11.5 Å². The molecule has 0 radical (unpaired) electrons. The summed E-state index contributed by atoms with van der Waals surface area (Å²) in [6, 6.07) is 0. The highest BCUT2D eigenvalue weighted by atomic mass is 32.2. The Balaban J connectivity index is 2.42. The van der Waals surface area contributed by atoms with E-state index in [1.165, 1.54) is 6.08 Å². The number of amides is 1. The Hall–Kier alpha value is -1.17. The Labute approximate surface area is 91.9 Å². The van der Waals surface area contributed by atoms with Crippen LogP contribution in [0.5, 0.6) is 0 Å². The van der Waals surface area contributed by atoms with Gasteiger partial charge in [0.2, 0.25) is 0 Å². The van der Waals surface area contributed by atoms with Crippen LogP contribution in [-0.4, -0.2) is 40.8 Å². The summed E-state index contributed by atoms with van der Waals surface area (Å²) in [5.41, 5.74) is -0.630. The number of carbonyl (C=O) groups excluding carboxylic acids is 1. The van der Waals surface area contributed by atoms with E-state index in [1.54, 1.807) is 11.8 Å². The second-order valence-electron chi connectivity index (χ2n) is 3.36. The lowest BCUT2D eigenvalue weighted by molar-refractivity contribution is -0.138. The van der Waals surface area contributed by atoms with Crippen LogP contribution < -0.4 is 5.32 Å². The van der Waals surface area contributed by atoms with Gasteiger partial charge >= 0.3 is 12.1 Å². The van der Waals surface area contributed by atoms with Gasteiger partial charge in [0.25, 0.3) is 0 Å². The van der Waals surface area contributed by atoms with Crippen molar-refractivity contribution in [1.82, 2.24) is 5.32 Å². The van der Waals surface area contributed by atoms with Gasteiger partial charge in [0.15, 0.2) is 0 Å². The number of alkyl carbamates (subject to hydrolysis) is 1. The van der Waals surface area contributed by atoms with E-state index < -0.39 is 17.6 Å². The van der Waals surface area contributed by atoms with Crippen molar-refractivity contribution >= 4 is 23.8 Å². The van der Waals surface area contributed by atoms with Crippen LogP contribution in [0.3, 0.4) is 0 Å². The Morgan fingerprint density at radius 3 is 2.67 bits per heavy atom. The molecule has 1 aliphatic rings. The molecule has 0 unspecified atom stereocenters. The summed E-state index contributed by atoms with van der Waals surface area (Å²) >= 11 is 1.60.